The molecule has 8 heteroatoms. The lowest BCUT2D eigenvalue weighted by molar-refractivity contribution is -0.127. The highest BCUT2D eigenvalue weighted by atomic mass is 16.5. The number of aromatic nitrogens is 1. The van der Waals surface area contributed by atoms with Crippen molar-refractivity contribution in [2.75, 3.05) is 20.3 Å². The van der Waals surface area contributed by atoms with Gasteiger partial charge in [-0.05, 0) is 48.1 Å². The van der Waals surface area contributed by atoms with E-state index in [0.717, 1.165) is 22.2 Å². The van der Waals surface area contributed by atoms with E-state index in [0.29, 0.717) is 44.6 Å². The highest BCUT2D eigenvalue weighted by Crippen LogP contribution is 2.29. The van der Waals surface area contributed by atoms with Gasteiger partial charge in [0.05, 0.1) is 36.8 Å². The minimum atomic E-state index is -0.402. The van der Waals surface area contributed by atoms with Gasteiger partial charge in [0.25, 0.3) is 0 Å². The number of hydrogen-bond acceptors (Lipinski definition) is 6. The number of amides is 1. The molecule has 2 N–H and O–H groups in total. The lowest BCUT2D eigenvalue weighted by Crippen LogP contribution is -2.37. The number of oxazole rings is 1. The van der Waals surface area contributed by atoms with Crippen LogP contribution in [0.15, 0.2) is 51.7 Å². The van der Waals surface area contributed by atoms with Gasteiger partial charge in [-0.15, -0.1) is 0 Å². The van der Waals surface area contributed by atoms with Gasteiger partial charge in [-0.2, -0.15) is 5.26 Å². The molecule has 1 aromatic heterocycles. The van der Waals surface area contributed by atoms with Crippen molar-refractivity contribution in [3.05, 3.63) is 58.6 Å². The maximum atomic E-state index is 12.1. The van der Waals surface area contributed by atoms with Crippen molar-refractivity contribution in [2.45, 2.75) is 31.9 Å². The molecule has 1 amide bonds. The first-order chi connectivity index (χ1) is 16.0. The smallest absolute Gasteiger partial charge is 0.408 e. The first-order valence-corrected chi connectivity index (χ1v) is 11.0. The lowest BCUT2D eigenvalue weighted by Gasteiger charge is -2.30. The maximum absolute atomic E-state index is 12.1. The average Bonchev–Trinajstić information content (AvgIpc) is 3.15. The summed E-state index contributed by atoms with van der Waals surface area (Å²) in [6.07, 6.45) is 1.33. The van der Waals surface area contributed by atoms with Crippen molar-refractivity contribution in [3.63, 3.8) is 0 Å². The zero-order valence-electron chi connectivity index (χ0n) is 18.5. The second-order valence-corrected chi connectivity index (χ2v) is 8.36. The monoisotopic (exact) mass is 449 g/mol. The van der Waals surface area contributed by atoms with Crippen LogP contribution in [0.2, 0.25) is 0 Å². The van der Waals surface area contributed by atoms with Crippen LogP contribution >= 0.6 is 0 Å². The molecule has 3 unspecified atom stereocenters. The van der Waals surface area contributed by atoms with Crippen LogP contribution in [-0.2, 0) is 27.2 Å². The molecule has 3 aromatic rings. The summed E-state index contributed by atoms with van der Waals surface area (Å²) in [5.74, 6) is -1.32. The Labute approximate surface area is 191 Å². The van der Waals surface area contributed by atoms with E-state index in [4.69, 9.17) is 19.6 Å². The van der Waals surface area contributed by atoms with Crippen LogP contribution in [0.1, 0.15) is 18.4 Å². The molecule has 4 rings (SSSR count). The number of fused-ring (bicyclic) bond motifs is 1. The fourth-order valence-electron chi connectivity index (χ4n) is 4.35. The fraction of sp³-hybridized carbons (Fsp3) is 0.400. The number of benzene rings is 2. The van der Waals surface area contributed by atoms with Crippen LogP contribution in [0.25, 0.3) is 22.2 Å². The van der Waals surface area contributed by atoms with Crippen LogP contribution in [0.4, 0.5) is 0 Å². The molecular weight excluding hydrogens is 422 g/mol. The van der Waals surface area contributed by atoms with Gasteiger partial charge in [-0.3, -0.25) is 9.36 Å². The van der Waals surface area contributed by atoms with Crippen molar-refractivity contribution in [2.24, 2.45) is 17.6 Å². The number of nitrogens with two attached hydrogens (primary N) is 1. The third-order valence-corrected chi connectivity index (χ3v) is 6.26. The van der Waals surface area contributed by atoms with Crippen molar-refractivity contribution in [1.82, 2.24) is 4.57 Å². The predicted octanol–water partition coefficient (Wildman–Crippen LogP) is 2.87. The minimum absolute atomic E-state index is 0.235. The number of nitrogens with zero attached hydrogens (tertiary/aromatic N) is 2. The molecule has 3 atom stereocenters. The van der Waals surface area contributed by atoms with Crippen molar-refractivity contribution < 1.29 is 18.7 Å². The molecule has 2 aromatic carbocycles. The Morgan fingerprint density at radius 1 is 1.27 bits per heavy atom. The fourth-order valence-corrected chi connectivity index (χ4v) is 4.35. The average molecular weight is 450 g/mol. The van der Waals surface area contributed by atoms with Gasteiger partial charge in [0, 0.05) is 19.6 Å². The molecule has 33 heavy (non-hydrogen) atoms. The number of nitriles is 1. The number of primary amides is 1. The van der Waals surface area contributed by atoms with E-state index in [1.807, 2.05) is 36.4 Å². The number of methoxy groups -OCH3 is 1. The Bertz CT molecular complexity index is 1220. The van der Waals surface area contributed by atoms with Crippen LogP contribution in [0.3, 0.4) is 0 Å². The summed E-state index contributed by atoms with van der Waals surface area (Å²) in [7, 11) is 1.59. The zero-order chi connectivity index (χ0) is 23.4. The van der Waals surface area contributed by atoms with Gasteiger partial charge in [0.1, 0.15) is 0 Å². The third kappa shape index (κ3) is 5.00. The Morgan fingerprint density at radius 3 is 2.73 bits per heavy atom. The maximum Gasteiger partial charge on any atom is 0.420 e. The van der Waals surface area contributed by atoms with Gasteiger partial charge >= 0.3 is 5.76 Å². The zero-order valence-corrected chi connectivity index (χ0v) is 18.5. The van der Waals surface area contributed by atoms with E-state index in [-0.39, 0.29) is 23.8 Å². The van der Waals surface area contributed by atoms with Crippen LogP contribution in [-0.4, -0.2) is 36.9 Å². The highest BCUT2D eigenvalue weighted by molar-refractivity contribution is 5.80. The SMILES string of the molecule is COCCn1c(=O)oc2ccc(-c3ccc(CC(C#N)C4CC(C(N)=O)CCO4)cc3)cc21. The number of hydrogen-bond donors (Lipinski definition) is 1. The molecule has 0 radical (unpaired) electrons. The van der Waals surface area contributed by atoms with E-state index in [1.54, 1.807) is 17.7 Å². The Balaban J connectivity index is 1.51. The van der Waals surface area contributed by atoms with Gasteiger partial charge < -0.3 is 19.6 Å². The molecule has 1 aliphatic heterocycles. The summed E-state index contributed by atoms with van der Waals surface area (Å²) in [5, 5.41) is 9.70. The third-order valence-electron chi connectivity index (χ3n) is 6.26. The van der Waals surface area contributed by atoms with E-state index >= 15 is 0 Å². The number of carbonyl (C=O) groups is 1. The normalized spacial score (nSPS) is 19.3. The van der Waals surface area contributed by atoms with Crippen LogP contribution in [0, 0.1) is 23.2 Å². The lowest BCUT2D eigenvalue weighted by atomic mass is 9.85. The summed E-state index contributed by atoms with van der Waals surface area (Å²) in [4.78, 5) is 23.7. The molecule has 0 bridgehead atoms. The van der Waals surface area contributed by atoms with E-state index in [9.17, 15) is 14.9 Å². The molecule has 1 aliphatic rings. The minimum Gasteiger partial charge on any atom is -0.408 e. The van der Waals surface area contributed by atoms with Gasteiger partial charge in [-0.25, -0.2) is 4.79 Å². The molecule has 1 fully saturated rings. The standard InChI is InChI=1S/C25H27N3O5/c1-31-11-9-28-21-13-18(6-7-22(21)33-25(28)30)17-4-2-16(3-5-17)12-20(15-26)23-14-19(24(27)29)8-10-32-23/h2-7,13,19-20,23H,8-12,14H2,1H3,(H2,27,29). The molecule has 2 heterocycles. The summed E-state index contributed by atoms with van der Waals surface area (Å²) < 4.78 is 17.8. The van der Waals surface area contributed by atoms with Gasteiger partial charge in [0.15, 0.2) is 5.58 Å². The summed E-state index contributed by atoms with van der Waals surface area (Å²) in [6.45, 7) is 1.28. The Hall–Kier alpha value is -3.41. The molecule has 0 aliphatic carbocycles. The number of carbonyl (C=O) groups excluding carboxylic acids is 1. The number of ether oxygens (including phenoxy) is 2. The first kappa shape index (κ1) is 22.8. The largest absolute Gasteiger partial charge is 0.420 e. The molecule has 0 spiro atoms. The first-order valence-electron chi connectivity index (χ1n) is 11.0. The van der Waals surface area contributed by atoms with E-state index in [1.165, 1.54) is 0 Å². The Kier molecular flexibility index (Phi) is 6.92. The molecule has 172 valence electrons. The van der Waals surface area contributed by atoms with Crippen LogP contribution < -0.4 is 11.5 Å². The van der Waals surface area contributed by atoms with Gasteiger partial charge in [-0.1, -0.05) is 30.3 Å². The topological polar surface area (TPSA) is 120 Å². The van der Waals surface area contributed by atoms with Gasteiger partial charge in [0.2, 0.25) is 5.91 Å². The van der Waals surface area contributed by atoms with E-state index < -0.39 is 5.76 Å². The second-order valence-electron chi connectivity index (χ2n) is 8.36. The molecular formula is C25H27N3O5. The van der Waals surface area contributed by atoms with Crippen molar-refractivity contribution in [1.29, 1.82) is 5.26 Å². The summed E-state index contributed by atoms with van der Waals surface area (Å²) in [5.41, 5.74) is 9.67. The van der Waals surface area contributed by atoms with Crippen molar-refractivity contribution in [3.8, 4) is 17.2 Å². The highest BCUT2D eigenvalue weighted by Gasteiger charge is 2.32. The molecule has 8 nitrogen and oxygen atoms in total. The number of rotatable bonds is 8. The quantitative estimate of drug-likeness (QED) is 0.565. The summed E-state index contributed by atoms with van der Waals surface area (Å²) >= 11 is 0. The predicted molar refractivity (Wildman–Crippen MR) is 122 cm³/mol. The van der Waals surface area contributed by atoms with E-state index in [2.05, 4.69) is 6.07 Å². The van der Waals surface area contributed by atoms with Crippen LogP contribution in [0.5, 0.6) is 0 Å². The summed E-state index contributed by atoms with van der Waals surface area (Å²) in [6, 6.07) is 16.0. The van der Waals surface area contributed by atoms with Crippen molar-refractivity contribution >= 4 is 17.0 Å². The molecule has 1 saturated heterocycles. The Morgan fingerprint density at radius 2 is 2.03 bits per heavy atom. The second kappa shape index (κ2) is 10.0. The molecule has 0 saturated carbocycles.